The Balaban J connectivity index is 1.65. The van der Waals surface area contributed by atoms with E-state index < -0.39 is 11.6 Å². The van der Waals surface area contributed by atoms with Crippen LogP contribution in [0.4, 0.5) is 20.2 Å². The van der Waals surface area contributed by atoms with Gasteiger partial charge in [-0.15, -0.1) is 0 Å². The number of ether oxygens (including phenoxy) is 1. The van der Waals surface area contributed by atoms with E-state index in [1.165, 1.54) is 12.1 Å². The van der Waals surface area contributed by atoms with Gasteiger partial charge in [0.2, 0.25) is 0 Å². The summed E-state index contributed by atoms with van der Waals surface area (Å²) in [5.41, 5.74) is 6.47. The van der Waals surface area contributed by atoms with Gasteiger partial charge in [0.05, 0.1) is 23.6 Å². The summed E-state index contributed by atoms with van der Waals surface area (Å²) in [5.74, 6) is -0.325. The number of morpholine rings is 1. The van der Waals surface area contributed by atoms with Gasteiger partial charge in [-0.3, -0.25) is 0 Å². The van der Waals surface area contributed by atoms with E-state index >= 15 is 0 Å². The standard InChI is InChI=1S/C19H29F2N3O/c1-12-10-24(11-13(2)25-12)19-8-16(20)18(7-17(19)21)23-9-14-3-5-15(22)6-4-14/h7-8,12-15,23H,3-6,9-11,22H2,1-2H3/t12-,13-,14?,15?/m1/s1. The highest BCUT2D eigenvalue weighted by Crippen LogP contribution is 2.29. The van der Waals surface area contributed by atoms with Gasteiger partial charge in [0, 0.05) is 37.8 Å². The number of rotatable bonds is 4. The Morgan fingerprint density at radius 2 is 1.72 bits per heavy atom. The average Bonchev–Trinajstić information content (AvgIpc) is 2.56. The van der Waals surface area contributed by atoms with Crippen molar-refractivity contribution in [2.45, 2.75) is 57.8 Å². The van der Waals surface area contributed by atoms with Crippen LogP contribution >= 0.6 is 0 Å². The van der Waals surface area contributed by atoms with Crippen molar-refractivity contribution in [1.82, 2.24) is 0 Å². The first-order valence-electron chi connectivity index (χ1n) is 9.31. The van der Waals surface area contributed by atoms with Gasteiger partial charge in [-0.1, -0.05) is 0 Å². The summed E-state index contributed by atoms with van der Waals surface area (Å²) in [4.78, 5) is 1.86. The Kier molecular flexibility index (Phi) is 5.79. The molecule has 0 spiro atoms. The molecule has 4 nitrogen and oxygen atoms in total. The third-order valence-electron chi connectivity index (χ3n) is 5.27. The number of nitrogens with one attached hydrogen (secondary N) is 1. The molecule has 2 atom stereocenters. The Bertz CT molecular complexity index is 580. The van der Waals surface area contributed by atoms with Crippen molar-refractivity contribution in [3.8, 4) is 0 Å². The number of nitrogens with two attached hydrogens (primary N) is 1. The summed E-state index contributed by atoms with van der Waals surface area (Å²) >= 11 is 0. The lowest BCUT2D eigenvalue weighted by atomic mass is 9.86. The van der Waals surface area contributed by atoms with Gasteiger partial charge in [-0.25, -0.2) is 8.78 Å². The maximum absolute atomic E-state index is 14.6. The number of hydrogen-bond donors (Lipinski definition) is 2. The number of hydrogen-bond acceptors (Lipinski definition) is 4. The average molecular weight is 353 g/mol. The molecule has 6 heteroatoms. The lowest BCUT2D eigenvalue weighted by Crippen LogP contribution is -2.45. The van der Waals surface area contributed by atoms with Crippen molar-refractivity contribution in [3.05, 3.63) is 23.8 Å². The van der Waals surface area contributed by atoms with Crippen molar-refractivity contribution in [2.24, 2.45) is 11.7 Å². The van der Waals surface area contributed by atoms with Crippen LogP contribution in [-0.4, -0.2) is 37.9 Å². The minimum absolute atomic E-state index is 0.00156. The first kappa shape index (κ1) is 18.4. The Labute approximate surface area is 148 Å². The van der Waals surface area contributed by atoms with E-state index in [1.807, 2.05) is 18.7 Å². The van der Waals surface area contributed by atoms with E-state index in [1.54, 1.807) is 0 Å². The molecule has 25 heavy (non-hydrogen) atoms. The molecule has 1 aromatic carbocycles. The Morgan fingerprint density at radius 3 is 2.36 bits per heavy atom. The van der Waals surface area contributed by atoms with Crippen molar-refractivity contribution < 1.29 is 13.5 Å². The fraction of sp³-hybridized carbons (Fsp3) is 0.684. The van der Waals surface area contributed by atoms with Crippen molar-refractivity contribution in [3.63, 3.8) is 0 Å². The smallest absolute Gasteiger partial charge is 0.148 e. The maximum Gasteiger partial charge on any atom is 0.148 e. The first-order chi connectivity index (χ1) is 11.9. The first-order valence-corrected chi connectivity index (χ1v) is 9.31. The van der Waals surface area contributed by atoms with Crippen molar-refractivity contribution >= 4 is 11.4 Å². The number of benzene rings is 1. The molecule has 3 rings (SSSR count). The predicted molar refractivity (Wildman–Crippen MR) is 97.0 cm³/mol. The van der Waals surface area contributed by atoms with E-state index in [9.17, 15) is 8.78 Å². The molecule has 0 aromatic heterocycles. The number of nitrogens with zero attached hydrogens (tertiary/aromatic N) is 1. The molecule has 1 aliphatic heterocycles. The molecule has 0 unspecified atom stereocenters. The predicted octanol–water partition coefficient (Wildman–Crippen LogP) is 3.51. The molecule has 1 saturated carbocycles. The third-order valence-corrected chi connectivity index (χ3v) is 5.27. The number of halogens is 2. The molecule has 1 heterocycles. The van der Waals surface area contributed by atoms with Crippen LogP contribution in [0.25, 0.3) is 0 Å². The van der Waals surface area contributed by atoms with Crippen LogP contribution in [0, 0.1) is 17.6 Å². The molecule has 1 aromatic rings. The number of anilines is 2. The summed E-state index contributed by atoms with van der Waals surface area (Å²) in [5, 5.41) is 3.09. The zero-order chi connectivity index (χ0) is 18.0. The van der Waals surface area contributed by atoms with Crippen LogP contribution in [0.5, 0.6) is 0 Å². The van der Waals surface area contributed by atoms with Crippen molar-refractivity contribution in [1.29, 1.82) is 0 Å². The molecular formula is C19H29F2N3O. The summed E-state index contributed by atoms with van der Waals surface area (Å²) in [7, 11) is 0. The molecule has 1 saturated heterocycles. The summed E-state index contributed by atoms with van der Waals surface area (Å²) in [6.07, 6.45) is 4.11. The van der Waals surface area contributed by atoms with Gasteiger partial charge in [0.1, 0.15) is 11.6 Å². The van der Waals surface area contributed by atoms with E-state index in [2.05, 4.69) is 5.32 Å². The van der Waals surface area contributed by atoms with Gasteiger partial charge in [-0.2, -0.15) is 0 Å². The highest BCUT2D eigenvalue weighted by Gasteiger charge is 2.25. The fourth-order valence-corrected chi connectivity index (χ4v) is 3.94. The molecule has 0 radical (unpaired) electrons. The second-order valence-electron chi connectivity index (χ2n) is 7.61. The van der Waals surface area contributed by atoms with Gasteiger partial charge in [0.25, 0.3) is 0 Å². The van der Waals surface area contributed by atoms with Crippen LogP contribution in [0.2, 0.25) is 0 Å². The second-order valence-corrected chi connectivity index (χ2v) is 7.61. The normalized spacial score (nSPS) is 30.4. The zero-order valence-corrected chi connectivity index (χ0v) is 15.1. The minimum atomic E-state index is -0.407. The maximum atomic E-state index is 14.6. The topological polar surface area (TPSA) is 50.5 Å². The fourth-order valence-electron chi connectivity index (χ4n) is 3.94. The van der Waals surface area contributed by atoms with Gasteiger partial charge in [-0.05, 0) is 45.4 Å². The van der Waals surface area contributed by atoms with E-state index in [0.717, 1.165) is 25.7 Å². The summed E-state index contributed by atoms with van der Waals surface area (Å²) in [6, 6.07) is 2.88. The zero-order valence-electron chi connectivity index (χ0n) is 15.1. The van der Waals surface area contributed by atoms with Gasteiger partial charge in [0.15, 0.2) is 0 Å². The van der Waals surface area contributed by atoms with Crippen molar-refractivity contribution in [2.75, 3.05) is 29.9 Å². The molecule has 3 N–H and O–H groups in total. The lowest BCUT2D eigenvalue weighted by molar-refractivity contribution is -0.00541. The highest BCUT2D eigenvalue weighted by atomic mass is 19.1. The van der Waals surface area contributed by atoms with Crippen LogP contribution in [0.3, 0.4) is 0 Å². The van der Waals surface area contributed by atoms with Crippen LogP contribution in [-0.2, 0) is 4.74 Å². The van der Waals surface area contributed by atoms with Gasteiger partial charge < -0.3 is 20.7 Å². The SMILES string of the molecule is C[C@@H]1CN(c2cc(F)c(NCC3CCC(N)CC3)cc2F)C[C@@H](C)O1. The monoisotopic (exact) mass is 353 g/mol. The largest absolute Gasteiger partial charge is 0.382 e. The van der Waals surface area contributed by atoms with Crippen LogP contribution in [0.1, 0.15) is 39.5 Å². The third kappa shape index (κ3) is 4.61. The van der Waals surface area contributed by atoms with E-state index in [0.29, 0.717) is 37.3 Å². The minimum Gasteiger partial charge on any atom is -0.382 e. The lowest BCUT2D eigenvalue weighted by Gasteiger charge is -2.37. The van der Waals surface area contributed by atoms with E-state index in [-0.39, 0.29) is 17.9 Å². The molecule has 140 valence electrons. The molecule has 1 aliphatic carbocycles. The Hall–Kier alpha value is -1.40. The Morgan fingerprint density at radius 1 is 1.08 bits per heavy atom. The molecule has 2 aliphatic rings. The van der Waals surface area contributed by atoms with Gasteiger partial charge >= 0.3 is 0 Å². The molecule has 0 amide bonds. The molecular weight excluding hydrogens is 324 g/mol. The molecule has 2 fully saturated rings. The quantitative estimate of drug-likeness (QED) is 0.870. The highest BCUT2D eigenvalue weighted by molar-refractivity contribution is 5.57. The van der Waals surface area contributed by atoms with E-state index in [4.69, 9.17) is 10.5 Å². The van der Waals surface area contributed by atoms with Crippen LogP contribution in [0.15, 0.2) is 12.1 Å². The molecule has 0 bridgehead atoms. The summed E-state index contributed by atoms with van der Waals surface area (Å²) in [6.45, 7) is 5.69. The van der Waals surface area contributed by atoms with Crippen LogP contribution < -0.4 is 16.0 Å². The second kappa shape index (κ2) is 7.87. The summed E-state index contributed by atoms with van der Waals surface area (Å²) < 4.78 is 34.7.